The monoisotopic (exact) mass is 290 g/mol. The van der Waals surface area contributed by atoms with Crippen LogP contribution >= 0.6 is 11.3 Å². The highest BCUT2D eigenvalue weighted by molar-refractivity contribution is 7.10. The fraction of sp³-hybridized carbons (Fsp3) is 0.562. The molecular formula is C16H22N2OS. The largest absolute Gasteiger partial charge is 0.338 e. The lowest BCUT2D eigenvalue weighted by molar-refractivity contribution is -0.125. The Labute approximate surface area is 124 Å². The zero-order chi connectivity index (χ0) is 13.8. The molecule has 1 saturated heterocycles. The fourth-order valence-corrected chi connectivity index (χ4v) is 3.30. The number of rotatable bonds is 4. The van der Waals surface area contributed by atoms with E-state index in [-0.39, 0.29) is 5.91 Å². The Morgan fingerprint density at radius 2 is 2.20 bits per heavy atom. The summed E-state index contributed by atoms with van der Waals surface area (Å²) in [5, 5.41) is 2.03. The molecule has 0 unspecified atom stereocenters. The molecule has 20 heavy (non-hydrogen) atoms. The van der Waals surface area contributed by atoms with Crippen molar-refractivity contribution >= 4 is 23.3 Å². The van der Waals surface area contributed by atoms with E-state index in [0.29, 0.717) is 0 Å². The van der Waals surface area contributed by atoms with Gasteiger partial charge in [0.1, 0.15) is 0 Å². The van der Waals surface area contributed by atoms with Crippen LogP contribution in [0.25, 0.3) is 6.08 Å². The molecule has 1 aromatic heterocycles. The quantitative estimate of drug-likeness (QED) is 0.796. The maximum absolute atomic E-state index is 12.2. The van der Waals surface area contributed by atoms with Gasteiger partial charge in [0.05, 0.1) is 0 Å². The van der Waals surface area contributed by atoms with Crippen LogP contribution in [0.15, 0.2) is 23.6 Å². The lowest BCUT2D eigenvalue weighted by atomic mass is 10.3. The van der Waals surface area contributed by atoms with Crippen LogP contribution in [0.1, 0.15) is 24.1 Å². The van der Waals surface area contributed by atoms with E-state index in [1.54, 1.807) is 17.4 Å². The van der Waals surface area contributed by atoms with Crippen LogP contribution in [0.3, 0.4) is 0 Å². The number of carbonyl (C=O) groups excluding carboxylic acids is 1. The SMILES string of the molecule is O=C(/C=C/c1cccs1)N1CCCN(CC2CC2)CC1. The van der Waals surface area contributed by atoms with Gasteiger partial charge in [-0.2, -0.15) is 0 Å². The van der Waals surface area contributed by atoms with Gasteiger partial charge in [-0.1, -0.05) is 6.07 Å². The van der Waals surface area contributed by atoms with Crippen molar-refractivity contribution in [2.45, 2.75) is 19.3 Å². The minimum absolute atomic E-state index is 0.159. The number of carbonyl (C=O) groups is 1. The summed E-state index contributed by atoms with van der Waals surface area (Å²) in [4.78, 5) is 17.9. The number of nitrogens with zero attached hydrogens (tertiary/aromatic N) is 2. The van der Waals surface area contributed by atoms with E-state index in [1.807, 2.05) is 28.5 Å². The molecule has 0 atom stereocenters. The van der Waals surface area contributed by atoms with Gasteiger partial charge in [0.2, 0.25) is 5.91 Å². The van der Waals surface area contributed by atoms with E-state index in [4.69, 9.17) is 0 Å². The molecule has 2 heterocycles. The van der Waals surface area contributed by atoms with Crippen molar-refractivity contribution in [1.82, 2.24) is 9.80 Å². The van der Waals surface area contributed by atoms with Crippen molar-refractivity contribution in [2.24, 2.45) is 5.92 Å². The van der Waals surface area contributed by atoms with Crippen molar-refractivity contribution in [1.29, 1.82) is 0 Å². The molecule has 0 bridgehead atoms. The van der Waals surface area contributed by atoms with Crippen LogP contribution in [-0.2, 0) is 4.79 Å². The Balaban J connectivity index is 1.50. The zero-order valence-corrected chi connectivity index (χ0v) is 12.6. The molecule has 2 aliphatic rings. The Bertz CT molecular complexity index is 465. The Hall–Kier alpha value is -1.13. The van der Waals surface area contributed by atoms with Gasteiger partial charge in [-0.05, 0) is 49.2 Å². The van der Waals surface area contributed by atoms with Gasteiger partial charge < -0.3 is 9.80 Å². The van der Waals surface area contributed by atoms with E-state index < -0.39 is 0 Å². The highest BCUT2D eigenvalue weighted by Crippen LogP contribution is 2.29. The van der Waals surface area contributed by atoms with E-state index in [0.717, 1.165) is 43.4 Å². The van der Waals surface area contributed by atoms with Crippen LogP contribution in [0, 0.1) is 5.92 Å². The topological polar surface area (TPSA) is 23.6 Å². The maximum Gasteiger partial charge on any atom is 0.246 e. The predicted octanol–water partition coefficient (Wildman–Crippen LogP) is 2.71. The molecule has 0 aromatic carbocycles. The van der Waals surface area contributed by atoms with Gasteiger partial charge in [0.25, 0.3) is 0 Å². The molecule has 3 nitrogen and oxygen atoms in total. The second-order valence-electron chi connectivity index (χ2n) is 5.77. The highest BCUT2D eigenvalue weighted by Gasteiger charge is 2.25. The molecule has 3 rings (SSSR count). The maximum atomic E-state index is 12.2. The number of thiophene rings is 1. The summed E-state index contributed by atoms with van der Waals surface area (Å²) < 4.78 is 0. The lowest BCUT2D eigenvalue weighted by Gasteiger charge is -2.20. The van der Waals surface area contributed by atoms with Crippen molar-refractivity contribution in [3.8, 4) is 0 Å². The summed E-state index contributed by atoms with van der Waals surface area (Å²) in [5.74, 6) is 1.10. The molecule has 1 aliphatic carbocycles. The average molecular weight is 290 g/mol. The van der Waals surface area contributed by atoms with Crippen molar-refractivity contribution < 1.29 is 4.79 Å². The summed E-state index contributed by atoms with van der Waals surface area (Å²) >= 11 is 1.66. The van der Waals surface area contributed by atoms with Crippen molar-refractivity contribution in [2.75, 3.05) is 32.7 Å². The lowest BCUT2D eigenvalue weighted by Crippen LogP contribution is -2.34. The summed E-state index contributed by atoms with van der Waals surface area (Å²) in [6.07, 6.45) is 7.57. The minimum atomic E-state index is 0.159. The van der Waals surface area contributed by atoms with Gasteiger partial charge in [0.15, 0.2) is 0 Å². The van der Waals surface area contributed by atoms with Gasteiger partial charge >= 0.3 is 0 Å². The van der Waals surface area contributed by atoms with Crippen molar-refractivity contribution in [3.63, 3.8) is 0 Å². The molecule has 4 heteroatoms. The van der Waals surface area contributed by atoms with Crippen LogP contribution in [0.2, 0.25) is 0 Å². The molecule has 2 fully saturated rings. The third-order valence-electron chi connectivity index (χ3n) is 4.05. The summed E-state index contributed by atoms with van der Waals surface area (Å²) in [7, 11) is 0. The van der Waals surface area contributed by atoms with Gasteiger partial charge in [-0.15, -0.1) is 11.3 Å². The zero-order valence-electron chi connectivity index (χ0n) is 11.8. The summed E-state index contributed by atoms with van der Waals surface area (Å²) in [6.45, 7) is 5.20. The molecule has 1 saturated carbocycles. The van der Waals surface area contributed by atoms with Crippen LogP contribution < -0.4 is 0 Å². The predicted molar refractivity (Wildman–Crippen MR) is 83.7 cm³/mol. The van der Waals surface area contributed by atoms with E-state index in [9.17, 15) is 4.79 Å². The highest BCUT2D eigenvalue weighted by atomic mass is 32.1. The number of hydrogen-bond acceptors (Lipinski definition) is 3. The molecule has 1 aliphatic heterocycles. The smallest absolute Gasteiger partial charge is 0.246 e. The van der Waals surface area contributed by atoms with Gasteiger partial charge in [-0.3, -0.25) is 4.79 Å². The van der Waals surface area contributed by atoms with E-state index >= 15 is 0 Å². The van der Waals surface area contributed by atoms with E-state index in [1.165, 1.54) is 19.4 Å². The summed E-state index contributed by atoms with van der Waals surface area (Å²) in [6, 6.07) is 4.05. The average Bonchev–Trinajstić information content (AvgIpc) is 3.17. The van der Waals surface area contributed by atoms with Crippen LogP contribution in [0.4, 0.5) is 0 Å². The minimum Gasteiger partial charge on any atom is -0.338 e. The van der Waals surface area contributed by atoms with Crippen LogP contribution in [-0.4, -0.2) is 48.4 Å². The Morgan fingerprint density at radius 3 is 2.95 bits per heavy atom. The molecule has 108 valence electrons. The Morgan fingerprint density at radius 1 is 1.30 bits per heavy atom. The second-order valence-corrected chi connectivity index (χ2v) is 6.75. The molecule has 0 radical (unpaired) electrons. The molecule has 0 N–H and O–H groups in total. The second kappa shape index (κ2) is 6.55. The molecule has 1 amide bonds. The normalized spacial score (nSPS) is 21.3. The van der Waals surface area contributed by atoms with Gasteiger partial charge in [0, 0.05) is 37.1 Å². The van der Waals surface area contributed by atoms with E-state index in [2.05, 4.69) is 4.90 Å². The first kappa shape index (κ1) is 13.8. The van der Waals surface area contributed by atoms with Gasteiger partial charge in [-0.25, -0.2) is 0 Å². The summed E-state index contributed by atoms with van der Waals surface area (Å²) in [5.41, 5.74) is 0. The molecule has 1 aromatic rings. The molecule has 0 spiro atoms. The van der Waals surface area contributed by atoms with Crippen LogP contribution in [0.5, 0.6) is 0 Å². The Kier molecular flexibility index (Phi) is 4.53. The molecular weight excluding hydrogens is 268 g/mol. The first-order valence-electron chi connectivity index (χ1n) is 7.54. The standard InChI is InChI=1S/C16H22N2OS/c19-16(7-6-15-3-1-12-20-15)18-9-2-8-17(10-11-18)13-14-4-5-14/h1,3,6-7,12,14H,2,4-5,8-11,13H2/b7-6+. The first-order valence-corrected chi connectivity index (χ1v) is 8.42. The third kappa shape index (κ3) is 3.93. The first-order chi connectivity index (χ1) is 9.81. The third-order valence-corrected chi connectivity index (χ3v) is 4.88. The number of hydrogen-bond donors (Lipinski definition) is 0. The number of amides is 1. The van der Waals surface area contributed by atoms with Crippen molar-refractivity contribution in [3.05, 3.63) is 28.5 Å². The fourth-order valence-electron chi connectivity index (χ4n) is 2.68.